The summed E-state index contributed by atoms with van der Waals surface area (Å²) in [5.74, 6) is -0.539. The van der Waals surface area contributed by atoms with E-state index in [0.717, 1.165) is 41.3 Å². The van der Waals surface area contributed by atoms with Crippen molar-refractivity contribution < 1.29 is 14.4 Å². The summed E-state index contributed by atoms with van der Waals surface area (Å²) in [7, 11) is 0. The van der Waals surface area contributed by atoms with Gasteiger partial charge in [-0.25, -0.2) is 0 Å². The van der Waals surface area contributed by atoms with E-state index in [1.165, 1.54) is 17.7 Å². The van der Waals surface area contributed by atoms with E-state index in [-0.39, 0.29) is 18.4 Å². The fourth-order valence-corrected chi connectivity index (χ4v) is 4.89. The lowest BCUT2D eigenvalue weighted by Gasteiger charge is -2.32. The first-order valence-electron chi connectivity index (χ1n) is 10.1. The largest absolute Gasteiger partial charge is 0.380 e. The van der Waals surface area contributed by atoms with Crippen LogP contribution in [-0.4, -0.2) is 41.6 Å². The number of nitrogens with one attached hydrogen (secondary N) is 2. The molecule has 6 nitrogen and oxygen atoms in total. The molecule has 1 fully saturated rings. The van der Waals surface area contributed by atoms with Gasteiger partial charge in [-0.05, 0) is 43.5 Å². The molecule has 2 aliphatic heterocycles. The predicted octanol–water partition coefficient (Wildman–Crippen LogP) is 3.56. The SMILES string of the molecule is O=CCCCN1C(=O)c2ccc3c4c(ccc(c24)C1=O)NC1CCCCC1N3. The zero-order valence-electron chi connectivity index (χ0n) is 15.7. The molecule has 2 heterocycles. The van der Waals surface area contributed by atoms with Crippen molar-refractivity contribution in [2.24, 2.45) is 0 Å². The quantitative estimate of drug-likeness (QED) is 0.484. The number of carbonyl (C=O) groups is 3. The summed E-state index contributed by atoms with van der Waals surface area (Å²) < 4.78 is 0. The Kier molecular flexibility index (Phi) is 4.07. The molecule has 6 heteroatoms. The van der Waals surface area contributed by atoms with Crippen molar-refractivity contribution in [2.75, 3.05) is 17.2 Å². The summed E-state index contributed by atoms with van der Waals surface area (Å²) in [4.78, 5) is 38.0. The van der Waals surface area contributed by atoms with Crippen LogP contribution in [0.5, 0.6) is 0 Å². The van der Waals surface area contributed by atoms with E-state index in [4.69, 9.17) is 0 Å². The van der Waals surface area contributed by atoms with Gasteiger partial charge in [-0.2, -0.15) is 0 Å². The fraction of sp³-hybridized carbons (Fsp3) is 0.409. The van der Waals surface area contributed by atoms with Crippen LogP contribution >= 0.6 is 0 Å². The summed E-state index contributed by atoms with van der Waals surface area (Å²) in [6.45, 7) is 0.265. The van der Waals surface area contributed by atoms with Gasteiger partial charge >= 0.3 is 0 Å². The lowest BCUT2D eigenvalue weighted by Crippen LogP contribution is -2.41. The molecule has 2 aromatic rings. The maximum Gasteiger partial charge on any atom is 0.261 e. The van der Waals surface area contributed by atoms with Gasteiger partial charge in [-0.1, -0.05) is 12.8 Å². The Bertz CT molecular complexity index is 931. The minimum atomic E-state index is -0.270. The molecule has 1 saturated carbocycles. The highest BCUT2D eigenvalue weighted by Crippen LogP contribution is 2.42. The van der Waals surface area contributed by atoms with Gasteiger partial charge in [0.2, 0.25) is 0 Å². The molecule has 0 saturated heterocycles. The molecule has 2 unspecified atom stereocenters. The molecule has 0 radical (unpaired) electrons. The van der Waals surface area contributed by atoms with Crippen LogP contribution in [0.2, 0.25) is 0 Å². The van der Waals surface area contributed by atoms with E-state index in [0.29, 0.717) is 36.1 Å². The third-order valence-electron chi connectivity index (χ3n) is 6.26. The standard InChI is InChI=1S/C22H23N3O3/c26-12-4-3-11-25-21(27)13-7-9-17-20-18(10-8-14(19(13)20)22(25)28)24-16-6-2-1-5-15(16)23-17/h7-10,12,15-16,23-24H,1-6,11H2. The predicted molar refractivity (Wildman–Crippen MR) is 108 cm³/mol. The molecule has 2 amide bonds. The Balaban J connectivity index is 1.63. The average Bonchev–Trinajstić information content (AvgIpc) is 2.87. The van der Waals surface area contributed by atoms with Gasteiger partial charge in [-0.15, -0.1) is 0 Å². The highest BCUT2D eigenvalue weighted by atomic mass is 16.2. The second-order valence-electron chi connectivity index (χ2n) is 7.93. The van der Waals surface area contributed by atoms with Gasteiger partial charge in [0, 0.05) is 58.3 Å². The zero-order chi connectivity index (χ0) is 19.3. The van der Waals surface area contributed by atoms with Gasteiger partial charge in [0.25, 0.3) is 11.8 Å². The van der Waals surface area contributed by atoms with Gasteiger partial charge in [0.15, 0.2) is 0 Å². The lowest BCUT2D eigenvalue weighted by atomic mass is 9.90. The molecule has 3 aliphatic rings. The summed E-state index contributed by atoms with van der Waals surface area (Å²) >= 11 is 0. The van der Waals surface area contributed by atoms with Gasteiger partial charge < -0.3 is 15.4 Å². The summed E-state index contributed by atoms with van der Waals surface area (Å²) in [6.07, 6.45) is 6.30. The van der Waals surface area contributed by atoms with E-state index in [1.54, 1.807) is 0 Å². The Morgan fingerprint density at radius 3 is 2.00 bits per heavy atom. The van der Waals surface area contributed by atoms with Crippen molar-refractivity contribution in [3.05, 3.63) is 35.4 Å². The number of benzene rings is 2. The number of amides is 2. The Morgan fingerprint density at radius 1 is 0.893 bits per heavy atom. The number of nitrogens with zero attached hydrogens (tertiary/aromatic N) is 1. The third-order valence-corrected chi connectivity index (χ3v) is 6.26. The number of carbonyl (C=O) groups excluding carboxylic acids is 3. The molecule has 5 rings (SSSR count). The maximum atomic E-state index is 13.0. The Hall–Kier alpha value is -2.89. The van der Waals surface area contributed by atoms with Crippen LogP contribution in [0.25, 0.3) is 10.8 Å². The summed E-state index contributed by atoms with van der Waals surface area (Å²) in [5, 5.41) is 9.04. The van der Waals surface area contributed by atoms with Crippen LogP contribution < -0.4 is 10.6 Å². The average molecular weight is 377 g/mol. The second kappa shape index (κ2) is 6.62. The van der Waals surface area contributed by atoms with E-state index < -0.39 is 0 Å². The van der Waals surface area contributed by atoms with Crippen LogP contribution in [0.3, 0.4) is 0 Å². The van der Waals surface area contributed by atoms with Crippen LogP contribution in [0.15, 0.2) is 24.3 Å². The highest BCUT2D eigenvalue weighted by Gasteiger charge is 2.36. The van der Waals surface area contributed by atoms with E-state index >= 15 is 0 Å². The van der Waals surface area contributed by atoms with Gasteiger partial charge in [0.1, 0.15) is 6.29 Å². The molecule has 2 N–H and O–H groups in total. The van der Waals surface area contributed by atoms with Crippen LogP contribution in [0, 0.1) is 0 Å². The first-order valence-corrected chi connectivity index (χ1v) is 10.1. The summed E-state index contributed by atoms with van der Waals surface area (Å²) in [6, 6.07) is 8.33. The first kappa shape index (κ1) is 17.2. The van der Waals surface area contributed by atoms with Crippen molar-refractivity contribution in [1.82, 2.24) is 4.90 Å². The molecule has 2 atom stereocenters. The van der Waals surface area contributed by atoms with E-state index in [2.05, 4.69) is 10.6 Å². The number of rotatable bonds is 4. The molecule has 1 aliphatic carbocycles. The minimum absolute atomic E-state index is 0.265. The van der Waals surface area contributed by atoms with Crippen LogP contribution in [0.4, 0.5) is 11.4 Å². The molecule has 2 aromatic carbocycles. The smallest absolute Gasteiger partial charge is 0.261 e. The minimum Gasteiger partial charge on any atom is -0.380 e. The van der Waals surface area contributed by atoms with Crippen molar-refractivity contribution in [1.29, 1.82) is 0 Å². The van der Waals surface area contributed by atoms with E-state index in [9.17, 15) is 14.4 Å². The molecule has 0 bridgehead atoms. The third kappa shape index (κ3) is 2.51. The number of hydrogen-bond acceptors (Lipinski definition) is 5. The number of anilines is 2. The molecular formula is C22H23N3O3. The van der Waals surface area contributed by atoms with Crippen molar-refractivity contribution in [3.63, 3.8) is 0 Å². The zero-order valence-corrected chi connectivity index (χ0v) is 15.7. The highest BCUT2D eigenvalue weighted by molar-refractivity contribution is 6.28. The lowest BCUT2D eigenvalue weighted by molar-refractivity contribution is -0.108. The number of imide groups is 1. The van der Waals surface area contributed by atoms with Crippen molar-refractivity contribution in [3.8, 4) is 0 Å². The molecule has 144 valence electrons. The van der Waals surface area contributed by atoms with E-state index in [1.807, 2.05) is 24.3 Å². The normalized spacial score (nSPS) is 22.9. The molecular weight excluding hydrogens is 354 g/mol. The van der Waals surface area contributed by atoms with Crippen LogP contribution in [-0.2, 0) is 4.79 Å². The summed E-state index contributed by atoms with van der Waals surface area (Å²) in [5.41, 5.74) is 3.12. The first-order chi connectivity index (χ1) is 13.7. The second-order valence-corrected chi connectivity index (χ2v) is 7.93. The molecule has 0 spiro atoms. The number of hydrogen-bond donors (Lipinski definition) is 2. The van der Waals surface area contributed by atoms with Crippen molar-refractivity contribution >= 4 is 40.2 Å². The molecule has 28 heavy (non-hydrogen) atoms. The monoisotopic (exact) mass is 377 g/mol. The topological polar surface area (TPSA) is 78.5 Å². The Morgan fingerprint density at radius 2 is 1.46 bits per heavy atom. The van der Waals surface area contributed by atoms with Crippen molar-refractivity contribution in [2.45, 2.75) is 50.6 Å². The fourth-order valence-electron chi connectivity index (χ4n) is 4.89. The Labute approximate surface area is 163 Å². The number of fused-ring (bicyclic) bond motifs is 1. The number of aldehydes is 1. The van der Waals surface area contributed by atoms with Gasteiger partial charge in [0.05, 0.1) is 0 Å². The number of unbranched alkanes of at least 4 members (excludes halogenated alkanes) is 1. The molecule has 0 aromatic heterocycles. The van der Waals surface area contributed by atoms with Gasteiger partial charge in [-0.3, -0.25) is 14.5 Å². The van der Waals surface area contributed by atoms with Crippen LogP contribution in [0.1, 0.15) is 59.2 Å². The maximum absolute atomic E-state index is 13.0.